The van der Waals surface area contributed by atoms with E-state index in [0.717, 1.165) is 69.6 Å². The molecule has 7 heteroatoms. The average Bonchev–Trinajstić information content (AvgIpc) is 2.70. The van der Waals surface area contributed by atoms with Crippen molar-refractivity contribution in [3.05, 3.63) is 35.4 Å². The van der Waals surface area contributed by atoms with E-state index in [1.807, 2.05) is 18.8 Å². The second kappa shape index (κ2) is 15.3. The third-order valence-electron chi connectivity index (χ3n) is 4.72. The molecule has 0 spiro atoms. The van der Waals surface area contributed by atoms with Crippen LogP contribution in [0.4, 0.5) is 0 Å². The Balaban J connectivity index is 0.00000392. The van der Waals surface area contributed by atoms with E-state index in [9.17, 15) is 0 Å². The number of methoxy groups -OCH3 is 1. The number of nitrogens with one attached hydrogen (secondary N) is 1. The molecular weight excluding hydrogens is 485 g/mol. The standard InChI is InChI=1S/C21H35N3O2S.HI/c1-18-5-7-19(8-6-18)17-27-16-11-23-21(22-2)24-12-9-20(10-13-24)26-15-4-14-25-3;/h5-8,20H,4,9-17H2,1-3H3,(H,22,23);1H. The monoisotopic (exact) mass is 521 g/mol. The molecule has 2 rings (SSSR count). The van der Waals surface area contributed by atoms with Crippen molar-refractivity contribution in [2.45, 2.75) is 38.0 Å². The first-order chi connectivity index (χ1) is 13.2. The summed E-state index contributed by atoms with van der Waals surface area (Å²) in [7, 11) is 3.60. The molecule has 1 heterocycles. The zero-order valence-electron chi connectivity index (χ0n) is 17.5. The topological polar surface area (TPSA) is 46.1 Å². The van der Waals surface area contributed by atoms with Crippen LogP contribution in [0.3, 0.4) is 0 Å². The van der Waals surface area contributed by atoms with E-state index in [2.05, 4.69) is 46.4 Å². The van der Waals surface area contributed by atoms with Crippen molar-refractivity contribution in [1.82, 2.24) is 10.2 Å². The van der Waals surface area contributed by atoms with Crippen LogP contribution in [0.25, 0.3) is 0 Å². The number of hydrogen-bond donors (Lipinski definition) is 1. The van der Waals surface area contributed by atoms with Crippen molar-refractivity contribution in [1.29, 1.82) is 0 Å². The summed E-state index contributed by atoms with van der Waals surface area (Å²) < 4.78 is 11.0. The van der Waals surface area contributed by atoms with Crippen molar-refractivity contribution in [2.75, 3.05) is 52.8 Å². The summed E-state index contributed by atoms with van der Waals surface area (Å²) in [5, 5.41) is 3.51. The van der Waals surface area contributed by atoms with Gasteiger partial charge in [-0.15, -0.1) is 24.0 Å². The molecule has 1 aliphatic heterocycles. The highest BCUT2D eigenvalue weighted by atomic mass is 127. The van der Waals surface area contributed by atoms with Crippen LogP contribution >= 0.6 is 35.7 Å². The Hall–Kier alpha value is -0.510. The third-order valence-corrected chi connectivity index (χ3v) is 5.75. The van der Waals surface area contributed by atoms with Gasteiger partial charge >= 0.3 is 0 Å². The first-order valence-electron chi connectivity index (χ1n) is 9.92. The van der Waals surface area contributed by atoms with Crippen LogP contribution < -0.4 is 5.32 Å². The van der Waals surface area contributed by atoms with Crippen molar-refractivity contribution in [2.24, 2.45) is 4.99 Å². The molecule has 1 aromatic carbocycles. The number of ether oxygens (including phenoxy) is 2. The highest BCUT2D eigenvalue weighted by molar-refractivity contribution is 14.0. The molecule has 1 fully saturated rings. The second-order valence-electron chi connectivity index (χ2n) is 6.92. The number of guanidine groups is 1. The Morgan fingerprint density at radius 1 is 1.21 bits per heavy atom. The number of likely N-dealkylation sites (tertiary alicyclic amines) is 1. The smallest absolute Gasteiger partial charge is 0.193 e. The summed E-state index contributed by atoms with van der Waals surface area (Å²) in [5.74, 6) is 3.15. The molecule has 1 aromatic rings. The number of benzene rings is 1. The van der Waals surface area contributed by atoms with Gasteiger partial charge in [0.25, 0.3) is 0 Å². The van der Waals surface area contributed by atoms with E-state index >= 15 is 0 Å². The van der Waals surface area contributed by atoms with Gasteiger partial charge in [-0.1, -0.05) is 29.8 Å². The highest BCUT2D eigenvalue weighted by Crippen LogP contribution is 2.15. The molecule has 28 heavy (non-hydrogen) atoms. The van der Waals surface area contributed by atoms with Crippen LogP contribution in [-0.2, 0) is 15.2 Å². The Bertz CT molecular complexity index is 549. The lowest BCUT2D eigenvalue weighted by atomic mass is 10.1. The molecule has 0 radical (unpaired) electrons. The molecule has 1 N–H and O–H groups in total. The van der Waals surface area contributed by atoms with E-state index in [-0.39, 0.29) is 24.0 Å². The maximum absolute atomic E-state index is 5.94. The largest absolute Gasteiger partial charge is 0.385 e. The minimum Gasteiger partial charge on any atom is -0.385 e. The van der Waals surface area contributed by atoms with Crippen molar-refractivity contribution >= 4 is 41.7 Å². The fourth-order valence-corrected chi connectivity index (χ4v) is 3.95. The maximum atomic E-state index is 5.94. The Kier molecular flexibility index (Phi) is 14.0. The fourth-order valence-electron chi connectivity index (χ4n) is 3.13. The van der Waals surface area contributed by atoms with Gasteiger partial charge < -0.3 is 19.7 Å². The zero-order valence-corrected chi connectivity index (χ0v) is 20.6. The summed E-state index contributed by atoms with van der Waals surface area (Å²) >= 11 is 1.96. The first kappa shape index (κ1) is 25.5. The lowest BCUT2D eigenvalue weighted by Crippen LogP contribution is -2.47. The maximum Gasteiger partial charge on any atom is 0.193 e. The predicted molar refractivity (Wildman–Crippen MR) is 131 cm³/mol. The minimum absolute atomic E-state index is 0. The molecule has 0 aliphatic carbocycles. The molecule has 0 atom stereocenters. The van der Waals surface area contributed by atoms with E-state index in [1.165, 1.54) is 11.1 Å². The van der Waals surface area contributed by atoms with Crippen LogP contribution in [0.5, 0.6) is 0 Å². The second-order valence-corrected chi connectivity index (χ2v) is 8.02. The molecular formula is C21H36IN3O2S. The van der Waals surface area contributed by atoms with E-state index in [1.54, 1.807) is 7.11 Å². The van der Waals surface area contributed by atoms with Crippen LogP contribution in [-0.4, -0.2) is 69.7 Å². The van der Waals surface area contributed by atoms with Gasteiger partial charge in [0.1, 0.15) is 0 Å². The van der Waals surface area contributed by atoms with Gasteiger partial charge in [-0.05, 0) is 31.7 Å². The summed E-state index contributed by atoms with van der Waals surface area (Å²) in [5.41, 5.74) is 2.71. The van der Waals surface area contributed by atoms with Crippen molar-refractivity contribution in [3.63, 3.8) is 0 Å². The zero-order chi connectivity index (χ0) is 19.3. The Labute approximate surface area is 192 Å². The van der Waals surface area contributed by atoms with E-state index < -0.39 is 0 Å². The number of piperidine rings is 1. The number of halogens is 1. The van der Waals surface area contributed by atoms with Crippen LogP contribution in [0, 0.1) is 6.92 Å². The van der Waals surface area contributed by atoms with Gasteiger partial charge in [0.05, 0.1) is 6.10 Å². The fraction of sp³-hybridized carbons (Fsp3) is 0.667. The lowest BCUT2D eigenvalue weighted by molar-refractivity contribution is 0.00993. The first-order valence-corrected chi connectivity index (χ1v) is 11.1. The quantitative estimate of drug-likeness (QED) is 0.219. The molecule has 1 saturated heterocycles. The van der Waals surface area contributed by atoms with Gasteiger partial charge in [0.2, 0.25) is 0 Å². The highest BCUT2D eigenvalue weighted by Gasteiger charge is 2.21. The number of aliphatic imine (C=N–C) groups is 1. The molecule has 0 amide bonds. The number of aryl methyl sites for hydroxylation is 1. The van der Waals surface area contributed by atoms with Gasteiger partial charge in [-0.2, -0.15) is 11.8 Å². The van der Waals surface area contributed by atoms with Gasteiger partial charge in [0.15, 0.2) is 5.96 Å². The number of hydrogen-bond acceptors (Lipinski definition) is 4. The SMILES string of the molecule is CN=C(NCCSCc1ccc(C)cc1)N1CCC(OCCCOC)CC1.I. The van der Waals surface area contributed by atoms with Gasteiger partial charge in [-0.3, -0.25) is 4.99 Å². The summed E-state index contributed by atoms with van der Waals surface area (Å²) in [6.45, 7) is 6.65. The molecule has 1 aliphatic rings. The Morgan fingerprint density at radius 3 is 2.57 bits per heavy atom. The van der Waals surface area contributed by atoms with Crippen LogP contribution in [0.15, 0.2) is 29.3 Å². The van der Waals surface area contributed by atoms with Gasteiger partial charge in [0, 0.05) is 58.5 Å². The number of rotatable bonds is 10. The number of thioether (sulfide) groups is 1. The third kappa shape index (κ3) is 9.80. The normalized spacial score (nSPS) is 15.4. The van der Waals surface area contributed by atoms with Gasteiger partial charge in [-0.25, -0.2) is 0 Å². The molecule has 5 nitrogen and oxygen atoms in total. The molecule has 160 valence electrons. The summed E-state index contributed by atoms with van der Waals surface area (Å²) in [4.78, 5) is 6.80. The minimum atomic E-state index is 0. The van der Waals surface area contributed by atoms with Crippen LogP contribution in [0.1, 0.15) is 30.4 Å². The van der Waals surface area contributed by atoms with E-state index in [0.29, 0.717) is 6.10 Å². The van der Waals surface area contributed by atoms with Crippen LogP contribution in [0.2, 0.25) is 0 Å². The Morgan fingerprint density at radius 2 is 1.93 bits per heavy atom. The molecule has 0 saturated carbocycles. The average molecular weight is 522 g/mol. The van der Waals surface area contributed by atoms with Crippen molar-refractivity contribution in [3.8, 4) is 0 Å². The van der Waals surface area contributed by atoms with Crippen molar-refractivity contribution < 1.29 is 9.47 Å². The van der Waals surface area contributed by atoms with E-state index in [4.69, 9.17) is 9.47 Å². The molecule has 0 bridgehead atoms. The molecule has 0 aromatic heterocycles. The predicted octanol–water partition coefficient (Wildman–Crippen LogP) is 3.94. The summed E-state index contributed by atoms with van der Waals surface area (Å²) in [6, 6.07) is 8.80. The lowest BCUT2D eigenvalue weighted by Gasteiger charge is -2.34. The molecule has 0 unspecified atom stereocenters. The summed E-state index contributed by atoms with van der Waals surface area (Å²) in [6.07, 6.45) is 3.48. The number of nitrogens with zero attached hydrogens (tertiary/aromatic N) is 2.